The van der Waals surface area contributed by atoms with E-state index >= 15 is 0 Å². The fraction of sp³-hybridized carbons (Fsp3) is 0.389. The summed E-state index contributed by atoms with van der Waals surface area (Å²) in [6, 6.07) is 7.90. The Bertz CT molecular complexity index is 761. The van der Waals surface area contributed by atoms with Gasteiger partial charge in [-0.1, -0.05) is 40.1 Å². The van der Waals surface area contributed by atoms with E-state index in [4.69, 9.17) is 9.36 Å². The summed E-state index contributed by atoms with van der Waals surface area (Å²) in [6.07, 6.45) is 0.522. The van der Waals surface area contributed by atoms with Crippen LogP contribution in [0.2, 0.25) is 0 Å². The molecular formula is C18H22N4O3. The van der Waals surface area contributed by atoms with Crippen molar-refractivity contribution in [1.29, 1.82) is 0 Å². The number of benzene rings is 1. The Hall–Kier alpha value is -2.83. The normalized spacial score (nSPS) is 16.3. The summed E-state index contributed by atoms with van der Waals surface area (Å²) < 4.78 is 5.07. The molecule has 7 nitrogen and oxygen atoms in total. The number of rotatable bonds is 5. The standard InChI is InChI=1S/C18H22N4O3/c1-11-4-6-14(7-5-11)17-8-15(25-22-17)9-19-18(23)20-10-16-12(2)21-24-13(16)3/h4-7,15H,8-10H2,1-3H3,(H2,19,20,23). The Kier molecular flexibility index (Phi) is 5.02. The Morgan fingerprint density at radius 1 is 1.20 bits per heavy atom. The van der Waals surface area contributed by atoms with E-state index in [1.54, 1.807) is 0 Å². The lowest BCUT2D eigenvalue weighted by Gasteiger charge is -2.11. The molecule has 25 heavy (non-hydrogen) atoms. The van der Waals surface area contributed by atoms with Crippen LogP contribution in [0.3, 0.4) is 0 Å². The van der Waals surface area contributed by atoms with Crippen LogP contribution in [-0.2, 0) is 11.4 Å². The van der Waals surface area contributed by atoms with Gasteiger partial charge in [-0.25, -0.2) is 4.79 Å². The molecule has 1 aliphatic heterocycles. The first-order valence-corrected chi connectivity index (χ1v) is 8.26. The SMILES string of the molecule is Cc1ccc(C2=NOC(CNC(=O)NCc3c(C)noc3C)C2)cc1. The third-order valence-electron chi connectivity index (χ3n) is 4.22. The molecule has 0 saturated heterocycles. The number of aromatic nitrogens is 1. The fourth-order valence-electron chi connectivity index (χ4n) is 2.65. The molecule has 132 valence electrons. The van der Waals surface area contributed by atoms with Gasteiger partial charge in [-0.2, -0.15) is 0 Å². The Morgan fingerprint density at radius 2 is 1.96 bits per heavy atom. The zero-order chi connectivity index (χ0) is 17.8. The maximum atomic E-state index is 11.9. The molecule has 0 spiro atoms. The number of hydrogen-bond acceptors (Lipinski definition) is 5. The number of carbonyl (C=O) groups excluding carboxylic acids is 1. The number of nitrogens with zero attached hydrogens (tertiary/aromatic N) is 2. The summed E-state index contributed by atoms with van der Waals surface area (Å²) in [5.41, 5.74) is 4.85. The maximum Gasteiger partial charge on any atom is 0.315 e. The van der Waals surface area contributed by atoms with E-state index < -0.39 is 0 Å². The molecule has 3 rings (SSSR count). The lowest BCUT2D eigenvalue weighted by atomic mass is 10.0. The van der Waals surface area contributed by atoms with Gasteiger partial charge in [-0.05, 0) is 26.3 Å². The van der Waals surface area contributed by atoms with Crippen LogP contribution in [0.15, 0.2) is 33.9 Å². The van der Waals surface area contributed by atoms with Crippen LogP contribution in [0, 0.1) is 20.8 Å². The van der Waals surface area contributed by atoms with Gasteiger partial charge in [0, 0.05) is 18.5 Å². The monoisotopic (exact) mass is 342 g/mol. The molecule has 2 amide bonds. The van der Waals surface area contributed by atoms with E-state index in [0.29, 0.717) is 25.3 Å². The summed E-state index contributed by atoms with van der Waals surface area (Å²) in [6.45, 7) is 6.49. The number of carbonyl (C=O) groups is 1. The van der Waals surface area contributed by atoms with Crippen molar-refractivity contribution in [2.24, 2.45) is 5.16 Å². The molecule has 0 radical (unpaired) electrons. The number of amides is 2. The molecule has 0 aliphatic carbocycles. The molecule has 1 aliphatic rings. The highest BCUT2D eigenvalue weighted by molar-refractivity contribution is 6.01. The summed E-state index contributed by atoms with van der Waals surface area (Å²) >= 11 is 0. The molecule has 1 atom stereocenters. The van der Waals surface area contributed by atoms with Crippen LogP contribution in [0.4, 0.5) is 4.79 Å². The van der Waals surface area contributed by atoms with Crippen LogP contribution >= 0.6 is 0 Å². The summed E-state index contributed by atoms with van der Waals surface area (Å²) in [5.74, 6) is 0.716. The third-order valence-corrected chi connectivity index (χ3v) is 4.22. The first-order valence-electron chi connectivity index (χ1n) is 8.26. The second-order valence-corrected chi connectivity index (χ2v) is 6.20. The van der Waals surface area contributed by atoms with Crippen molar-refractivity contribution in [3.05, 3.63) is 52.4 Å². The van der Waals surface area contributed by atoms with E-state index in [9.17, 15) is 4.79 Å². The van der Waals surface area contributed by atoms with Gasteiger partial charge < -0.3 is 20.0 Å². The van der Waals surface area contributed by atoms with Crippen LogP contribution in [-0.4, -0.2) is 29.5 Å². The first-order chi connectivity index (χ1) is 12.0. The Morgan fingerprint density at radius 3 is 2.64 bits per heavy atom. The average Bonchev–Trinajstić information content (AvgIpc) is 3.19. The van der Waals surface area contributed by atoms with Gasteiger partial charge in [0.2, 0.25) is 0 Å². The molecule has 2 N–H and O–H groups in total. The van der Waals surface area contributed by atoms with Gasteiger partial charge in [0.25, 0.3) is 0 Å². The van der Waals surface area contributed by atoms with Gasteiger partial charge in [-0.3, -0.25) is 0 Å². The van der Waals surface area contributed by atoms with Gasteiger partial charge in [0.05, 0.1) is 18.0 Å². The molecule has 2 heterocycles. The minimum absolute atomic E-state index is 0.152. The van der Waals surface area contributed by atoms with Gasteiger partial charge >= 0.3 is 6.03 Å². The van der Waals surface area contributed by atoms with Crippen LogP contribution < -0.4 is 10.6 Å². The van der Waals surface area contributed by atoms with Gasteiger partial charge in [0.1, 0.15) is 5.76 Å². The molecular weight excluding hydrogens is 320 g/mol. The lowest BCUT2D eigenvalue weighted by Crippen LogP contribution is -2.39. The average molecular weight is 342 g/mol. The van der Waals surface area contributed by atoms with Crippen molar-refractivity contribution in [2.75, 3.05) is 6.54 Å². The highest BCUT2D eigenvalue weighted by Gasteiger charge is 2.22. The number of urea groups is 1. The number of nitrogens with one attached hydrogen (secondary N) is 2. The molecule has 0 bridgehead atoms. The van der Waals surface area contributed by atoms with E-state index in [2.05, 4.69) is 20.9 Å². The second kappa shape index (κ2) is 7.38. The Balaban J connectivity index is 1.42. The molecule has 1 unspecified atom stereocenters. The molecule has 2 aromatic rings. The van der Waals surface area contributed by atoms with Crippen molar-refractivity contribution < 1.29 is 14.2 Å². The number of hydrogen-bond donors (Lipinski definition) is 2. The zero-order valence-electron chi connectivity index (χ0n) is 14.6. The van der Waals surface area contributed by atoms with Crippen molar-refractivity contribution in [3.8, 4) is 0 Å². The second-order valence-electron chi connectivity index (χ2n) is 6.20. The third kappa shape index (κ3) is 4.17. The number of oxime groups is 1. The van der Waals surface area contributed by atoms with Crippen LogP contribution in [0.25, 0.3) is 0 Å². The predicted octanol–water partition coefficient (Wildman–Crippen LogP) is 2.59. The first kappa shape index (κ1) is 17.0. The zero-order valence-corrected chi connectivity index (χ0v) is 14.6. The van der Waals surface area contributed by atoms with Crippen molar-refractivity contribution >= 4 is 11.7 Å². The summed E-state index contributed by atoms with van der Waals surface area (Å²) in [5, 5.41) is 13.6. The molecule has 1 aromatic heterocycles. The van der Waals surface area contributed by atoms with Crippen LogP contribution in [0.1, 0.15) is 34.6 Å². The van der Waals surface area contributed by atoms with E-state index in [0.717, 1.165) is 22.5 Å². The topological polar surface area (TPSA) is 88.8 Å². The lowest BCUT2D eigenvalue weighted by molar-refractivity contribution is 0.0865. The van der Waals surface area contributed by atoms with E-state index in [1.807, 2.05) is 45.0 Å². The number of aryl methyl sites for hydroxylation is 3. The largest absolute Gasteiger partial charge is 0.390 e. The Labute approximate surface area is 146 Å². The van der Waals surface area contributed by atoms with Crippen LogP contribution in [0.5, 0.6) is 0 Å². The smallest absolute Gasteiger partial charge is 0.315 e. The summed E-state index contributed by atoms with van der Waals surface area (Å²) in [7, 11) is 0. The highest BCUT2D eigenvalue weighted by atomic mass is 16.6. The van der Waals surface area contributed by atoms with E-state index in [-0.39, 0.29) is 12.1 Å². The fourth-order valence-corrected chi connectivity index (χ4v) is 2.65. The minimum atomic E-state index is -0.257. The van der Waals surface area contributed by atoms with Crippen molar-refractivity contribution in [2.45, 2.75) is 39.8 Å². The molecule has 0 saturated carbocycles. The molecule has 1 aromatic carbocycles. The minimum Gasteiger partial charge on any atom is -0.390 e. The summed E-state index contributed by atoms with van der Waals surface area (Å²) in [4.78, 5) is 17.4. The van der Waals surface area contributed by atoms with Gasteiger partial charge in [0.15, 0.2) is 6.10 Å². The van der Waals surface area contributed by atoms with Crippen molar-refractivity contribution in [3.63, 3.8) is 0 Å². The molecule has 0 fully saturated rings. The van der Waals surface area contributed by atoms with E-state index in [1.165, 1.54) is 5.56 Å². The van der Waals surface area contributed by atoms with Gasteiger partial charge in [-0.15, -0.1) is 0 Å². The van der Waals surface area contributed by atoms with Crippen molar-refractivity contribution in [1.82, 2.24) is 15.8 Å². The predicted molar refractivity (Wildman–Crippen MR) is 93.4 cm³/mol. The molecule has 7 heteroatoms. The quantitative estimate of drug-likeness (QED) is 0.874. The maximum absolute atomic E-state index is 11.9. The highest BCUT2D eigenvalue weighted by Crippen LogP contribution is 2.17.